The van der Waals surface area contributed by atoms with Crippen molar-refractivity contribution in [3.63, 3.8) is 0 Å². The lowest BCUT2D eigenvalue weighted by Crippen LogP contribution is -2.65. The smallest absolute Gasteiger partial charge is 0.170 e. The van der Waals surface area contributed by atoms with E-state index in [-0.39, 0.29) is 35.9 Å². The molecule has 0 aromatic heterocycles. The summed E-state index contributed by atoms with van der Waals surface area (Å²) in [5.74, 6) is -1.94. The maximum absolute atomic E-state index is 13.5. The highest BCUT2D eigenvalue weighted by Gasteiger charge is 2.46. The molecule has 2 heterocycles. The lowest BCUT2D eigenvalue weighted by Gasteiger charge is -2.44. The van der Waals surface area contributed by atoms with Gasteiger partial charge in [-0.25, -0.2) is 8.78 Å². The minimum atomic E-state index is -0.811. The van der Waals surface area contributed by atoms with Gasteiger partial charge in [0.2, 0.25) is 0 Å². The van der Waals surface area contributed by atoms with Crippen LogP contribution >= 0.6 is 12.4 Å². The molecule has 3 rings (SSSR count). The van der Waals surface area contributed by atoms with Crippen LogP contribution in [0.25, 0.3) is 0 Å². The Morgan fingerprint density at radius 2 is 2.00 bits per heavy atom. The third-order valence-corrected chi connectivity index (χ3v) is 3.00. The molecule has 1 saturated heterocycles. The zero-order valence-electron chi connectivity index (χ0n) is 8.76. The molecule has 1 aromatic carbocycles. The third kappa shape index (κ3) is 1.79. The molecule has 2 aliphatic heterocycles. The number of fused-ring (bicyclic) bond motifs is 1. The highest BCUT2D eigenvalue weighted by atomic mass is 35.5. The Morgan fingerprint density at radius 3 is 2.59 bits per heavy atom. The van der Waals surface area contributed by atoms with Crippen molar-refractivity contribution in [2.45, 2.75) is 12.0 Å². The van der Waals surface area contributed by atoms with E-state index in [0.29, 0.717) is 13.1 Å². The van der Waals surface area contributed by atoms with Crippen LogP contribution in [0.5, 0.6) is 5.75 Å². The molecule has 0 aliphatic carbocycles. The second-order valence-electron chi connectivity index (χ2n) is 4.25. The summed E-state index contributed by atoms with van der Waals surface area (Å²) in [6.07, 6.45) is 0.176. The quantitative estimate of drug-likeness (QED) is 0.772. The first-order valence-corrected chi connectivity index (χ1v) is 5.02. The SMILES string of the molecule is Cl.O=C1CC2(CNC2)Oc2c(F)cc(F)cc21. The van der Waals surface area contributed by atoms with Crippen LogP contribution < -0.4 is 10.1 Å². The van der Waals surface area contributed by atoms with Gasteiger partial charge in [0.1, 0.15) is 11.4 Å². The van der Waals surface area contributed by atoms with Crippen molar-refractivity contribution in [1.82, 2.24) is 5.32 Å². The van der Waals surface area contributed by atoms with E-state index in [1.807, 2.05) is 0 Å². The number of hydrogen-bond donors (Lipinski definition) is 1. The van der Waals surface area contributed by atoms with Crippen molar-refractivity contribution in [2.75, 3.05) is 13.1 Å². The van der Waals surface area contributed by atoms with Gasteiger partial charge in [0.05, 0.1) is 12.0 Å². The summed E-state index contributed by atoms with van der Waals surface area (Å²) in [4.78, 5) is 11.8. The molecule has 2 aliphatic rings. The van der Waals surface area contributed by atoms with Crippen LogP contribution in [0.4, 0.5) is 8.78 Å². The molecule has 6 heteroatoms. The van der Waals surface area contributed by atoms with E-state index in [1.165, 1.54) is 0 Å². The van der Waals surface area contributed by atoms with E-state index in [4.69, 9.17) is 4.74 Å². The molecule has 0 bridgehead atoms. The van der Waals surface area contributed by atoms with E-state index in [1.54, 1.807) is 0 Å². The van der Waals surface area contributed by atoms with Crippen molar-refractivity contribution in [1.29, 1.82) is 0 Å². The molecule has 1 spiro atoms. The summed E-state index contributed by atoms with van der Waals surface area (Å²) in [6, 6.07) is 1.76. The molecule has 17 heavy (non-hydrogen) atoms. The highest BCUT2D eigenvalue weighted by Crippen LogP contribution is 2.37. The van der Waals surface area contributed by atoms with E-state index < -0.39 is 17.2 Å². The Kier molecular flexibility index (Phi) is 2.83. The van der Waals surface area contributed by atoms with Crippen molar-refractivity contribution < 1.29 is 18.3 Å². The van der Waals surface area contributed by atoms with Crippen LogP contribution in [-0.2, 0) is 0 Å². The molecule has 0 radical (unpaired) electrons. The zero-order valence-corrected chi connectivity index (χ0v) is 9.57. The minimum Gasteiger partial charge on any atom is -0.480 e. The fourth-order valence-electron chi connectivity index (χ4n) is 2.11. The normalized spacial score (nSPS) is 20.0. The molecule has 0 amide bonds. The minimum absolute atomic E-state index is 0. The molecule has 3 nitrogen and oxygen atoms in total. The maximum atomic E-state index is 13.5. The number of hydrogen-bond acceptors (Lipinski definition) is 3. The summed E-state index contributed by atoms with van der Waals surface area (Å²) in [6.45, 7) is 1.05. The Bertz CT molecular complexity index is 489. The van der Waals surface area contributed by atoms with Crippen LogP contribution in [0.2, 0.25) is 0 Å². The molecule has 1 fully saturated rings. The van der Waals surface area contributed by atoms with Crippen molar-refractivity contribution in [3.05, 3.63) is 29.3 Å². The van der Waals surface area contributed by atoms with Crippen molar-refractivity contribution >= 4 is 18.2 Å². The topological polar surface area (TPSA) is 38.3 Å². The van der Waals surface area contributed by atoms with Crippen LogP contribution in [0.15, 0.2) is 12.1 Å². The van der Waals surface area contributed by atoms with E-state index in [0.717, 1.165) is 12.1 Å². The first-order chi connectivity index (χ1) is 7.60. The molecule has 0 unspecified atom stereocenters. The maximum Gasteiger partial charge on any atom is 0.170 e. The van der Waals surface area contributed by atoms with Gasteiger partial charge >= 0.3 is 0 Å². The van der Waals surface area contributed by atoms with E-state index >= 15 is 0 Å². The second-order valence-corrected chi connectivity index (χ2v) is 4.25. The molecule has 92 valence electrons. The number of ether oxygens (including phenoxy) is 1. The summed E-state index contributed by atoms with van der Waals surface area (Å²) in [7, 11) is 0. The summed E-state index contributed by atoms with van der Waals surface area (Å²) in [5.41, 5.74) is -0.613. The first kappa shape index (κ1) is 12.3. The summed E-state index contributed by atoms with van der Waals surface area (Å²) >= 11 is 0. The largest absolute Gasteiger partial charge is 0.480 e. The van der Waals surface area contributed by atoms with Crippen LogP contribution in [0.1, 0.15) is 16.8 Å². The molecule has 1 N–H and O–H groups in total. The van der Waals surface area contributed by atoms with E-state index in [2.05, 4.69) is 5.32 Å². The lowest BCUT2D eigenvalue weighted by molar-refractivity contribution is -0.000821. The number of nitrogens with one attached hydrogen (secondary N) is 1. The molecule has 0 saturated carbocycles. The highest BCUT2D eigenvalue weighted by molar-refractivity contribution is 6.00. The number of rotatable bonds is 0. The fourth-order valence-corrected chi connectivity index (χ4v) is 2.11. The summed E-state index contributed by atoms with van der Waals surface area (Å²) in [5, 5.41) is 2.98. The van der Waals surface area contributed by atoms with Crippen molar-refractivity contribution in [3.8, 4) is 5.75 Å². The Hall–Kier alpha value is -1.20. The second kappa shape index (κ2) is 3.92. The van der Waals surface area contributed by atoms with Crippen LogP contribution in [0, 0.1) is 11.6 Å². The average Bonchev–Trinajstić information content (AvgIpc) is 2.17. The van der Waals surface area contributed by atoms with Gasteiger partial charge in [-0.2, -0.15) is 0 Å². The van der Waals surface area contributed by atoms with Crippen LogP contribution in [0.3, 0.4) is 0 Å². The van der Waals surface area contributed by atoms with Crippen LogP contribution in [-0.4, -0.2) is 24.5 Å². The Balaban J connectivity index is 0.00000108. The van der Waals surface area contributed by atoms with Gasteiger partial charge in [-0.3, -0.25) is 4.79 Å². The lowest BCUT2D eigenvalue weighted by atomic mass is 9.85. The molecular formula is C11H10ClF2NO2. The predicted octanol–water partition coefficient (Wildman–Crippen LogP) is 1.69. The molecular weight excluding hydrogens is 252 g/mol. The van der Waals surface area contributed by atoms with Gasteiger partial charge in [-0.05, 0) is 6.07 Å². The third-order valence-electron chi connectivity index (χ3n) is 3.00. The van der Waals surface area contributed by atoms with Gasteiger partial charge in [0, 0.05) is 19.2 Å². The Labute approximate surface area is 103 Å². The Morgan fingerprint density at radius 1 is 1.29 bits per heavy atom. The first-order valence-electron chi connectivity index (χ1n) is 5.02. The number of carbonyl (C=O) groups excluding carboxylic acids is 1. The number of benzene rings is 1. The van der Waals surface area contributed by atoms with E-state index in [9.17, 15) is 13.6 Å². The monoisotopic (exact) mass is 261 g/mol. The zero-order chi connectivity index (χ0) is 11.3. The number of Topliss-reactive ketones (excluding diaryl/α,β-unsaturated/α-hetero) is 1. The average molecular weight is 262 g/mol. The molecule has 1 aromatic rings. The van der Waals surface area contributed by atoms with Gasteiger partial charge in [0.15, 0.2) is 17.3 Å². The summed E-state index contributed by atoms with van der Waals surface area (Å²) < 4.78 is 31.9. The van der Waals surface area contributed by atoms with Gasteiger partial charge in [-0.15, -0.1) is 12.4 Å². The molecule has 0 atom stereocenters. The van der Waals surface area contributed by atoms with Crippen molar-refractivity contribution in [2.24, 2.45) is 0 Å². The number of ketones is 1. The predicted molar refractivity (Wildman–Crippen MR) is 58.8 cm³/mol. The van der Waals surface area contributed by atoms with Gasteiger partial charge < -0.3 is 10.1 Å². The van der Waals surface area contributed by atoms with Gasteiger partial charge in [-0.1, -0.05) is 0 Å². The number of halogens is 3. The number of carbonyl (C=O) groups is 1. The fraction of sp³-hybridized carbons (Fsp3) is 0.364. The van der Waals surface area contributed by atoms with Gasteiger partial charge in [0.25, 0.3) is 0 Å². The standard InChI is InChI=1S/C11H9F2NO2.ClH/c12-6-1-7-9(15)3-11(4-14-5-11)16-10(7)8(13)2-6;/h1-2,14H,3-5H2;1H.